The highest BCUT2D eigenvalue weighted by atomic mass is 19.4. The molecule has 2 amide bonds. The normalized spacial score (nSPS) is 10.8. The summed E-state index contributed by atoms with van der Waals surface area (Å²) >= 11 is 0. The maximum Gasteiger partial charge on any atom is 0.471 e. The molecule has 0 aliphatic rings. The van der Waals surface area contributed by atoms with Crippen LogP contribution in [0.25, 0.3) is 0 Å². The van der Waals surface area contributed by atoms with Crippen LogP contribution in [0.5, 0.6) is 0 Å². The van der Waals surface area contributed by atoms with E-state index in [-0.39, 0.29) is 0 Å². The number of rotatable bonds is 2. The second-order valence-corrected chi connectivity index (χ2v) is 2.33. The van der Waals surface area contributed by atoms with E-state index in [2.05, 4.69) is 5.32 Å². The molecule has 4 nitrogen and oxygen atoms in total. The van der Waals surface area contributed by atoms with Gasteiger partial charge in [-0.1, -0.05) is 0 Å². The number of nitrogens with zero attached hydrogens (tertiary/aromatic N) is 1. The van der Waals surface area contributed by atoms with Gasteiger partial charge in [0.05, 0.1) is 6.54 Å². The van der Waals surface area contributed by atoms with Gasteiger partial charge in [0.15, 0.2) is 0 Å². The van der Waals surface area contributed by atoms with E-state index in [0.29, 0.717) is 4.90 Å². The van der Waals surface area contributed by atoms with Gasteiger partial charge in [0, 0.05) is 14.1 Å². The maximum atomic E-state index is 11.7. The first-order chi connectivity index (χ1) is 5.79. The van der Waals surface area contributed by atoms with E-state index in [9.17, 15) is 22.8 Å². The highest BCUT2D eigenvalue weighted by Gasteiger charge is 2.41. The van der Waals surface area contributed by atoms with Gasteiger partial charge >= 0.3 is 12.1 Å². The van der Waals surface area contributed by atoms with Crippen molar-refractivity contribution in [1.82, 2.24) is 10.2 Å². The predicted octanol–water partition coefficient (Wildman–Crippen LogP) is -0.247. The van der Waals surface area contributed by atoms with Gasteiger partial charge in [-0.15, -0.1) is 0 Å². The lowest BCUT2D eigenvalue weighted by molar-refractivity contribution is -0.184. The van der Waals surface area contributed by atoms with E-state index in [0.717, 1.165) is 7.05 Å². The second-order valence-electron chi connectivity index (χ2n) is 2.33. The molecule has 0 aromatic heterocycles. The molecule has 0 aliphatic carbocycles. The van der Waals surface area contributed by atoms with Crippen molar-refractivity contribution >= 4 is 11.8 Å². The largest absolute Gasteiger partial charge is 0.471 e. The fourth-order valence-electron chi connectivity index (χ4n) is 0.583. The van der Waals surface area contributed by atoms with Crippen LogP contribution in [0.2, 0.25) is 0 Å². The topological polar surface area (TPSA) is 49.4 Å². The third-order valence-corrected chi connectivity index (χ3v) is 1.25. The van der Waals surface area contributed by atoms with Gasteiger partial charge in [-0.2, -0.15) is 13.2 Å². The van der Waals surface area contributed by atoms with Gasteiger partial charge in [0.2, 0.25) is 5.91 Å². The predicted molar refractivity (Wildman–Crippen MR) is 37.8 cm³/mol. The number of amides is 2. The van der Waals surface area contributed by atoms with Gasteiger partial charge in [-0.25, -0.2) is 0 Å². The number of likely N-dealkylation sites (N-methyl/N-ethyl adjacent to an activating group) is 2. The van der Waals surface area contributed by atoms with Crippen molar-refractivity contribution in [2.45, 2.75) is 6.18 Å². The SMILES string of the molecule is CNC(=O)CN(C)C(=O)C(F)(F)F. The van der Waals surface area contributed by atoms with Crippen LogP contribution >= 0.6 is 0 Å². The van der Waals surface area contributed by atoms with Crippen LogP contribution in [-0.4, -0.2) is 43.5 Å². The van der Waals surface area contributed by atoms with E-state index in [1.165, 1.54) is 7.05 Å². The molecule has 0 radical (unpaired) electrons. The van der Waals surface area contributed by atoms with Crippen LogP contribution < -0.4 is 5.32 Å². The molecule has 0 spiro atoms. The Labute approximate surface area is 72.7 Å². The van der Waals surface area contributed by atoms with E-state index in [1.54, 1.807) is 0 Å². The first kappa shape index (κ1) is 11.7. The van der Waals surface area contributed by atoms with Gasteiger partial charge < -0.3 is 10.2 Å². The summed E-state index contributed by atoms with van der Waals surface area (Å²) in [5.41, 5.74) is 0. The Bertz CT molecular complexity index is 214. The van der Waals surface area contributed by atoms with Gasteiger partial charge in [0.1, 0.15) is 0 Å². The molecule has 0 saturated carbocycles. The molecule has 0 aliphatic heterocycles. The number of carbonyl (C=O) groups is 2. The van der Waals surface area contributed by atoms with Crippen LogP contribution in [0.3, 0.4) is 0 Å². The summed E-state index contributed by atoms with van der Waals surface area (Å²) in [5.74, 6) is -2.68. The summed E-state index contributed by atoms with van der Waals surface area (Å²) in [6, 6.07) is 0. The molecule has 0 fully saturated rings. The fourth-order valence-corrected chi connectivity index (χ4v) is 0.583. The Hall–Kier alpha value is -1.27. The van der Waals surface area contributed by atoms with Crippen LogP contribution in [0.15, 0.2) is 0 Å². The van der Waals surface area contributed by atoms with Crippen LogP contribution in [0.4, 0.5) is 13.2 Å². The summed E-state index contributed by atoms with van der Waals surface area (Å²) in [4.78, 5) is 21.3. The monoisotopic (exact) mass is 198 g/mol. The Balaban J connectivity index is 4.20. The number of nitrogens with one attached hydrogen (secondary N) is 1. The lowest BCUT2D eigenvalue weighted by Gasteiger charge is -2.17. The minimum Gasteiger partial charge on any atom is -0.358 e. The number of halogens is 3. The molecule has 13 heavy (non-hydrogen) atoms. The standard InChI is InChI=1S/C6H9F3N2O2/c1-10-4(12)3-11(2)5(13)6(7,8)9/h3H2,1-2H3,(H,10,12). The summed E-state index contributed by atoms with van der Waals surface area (Å²) in [7, 11) is 2.18. The summed E-state index contributed by atoms with van der Waals surface area (Å²) < 4.78 is 35.2. The average molecular weight is 198 g/mol. The molecular weight excluding hydrogens is 189 g/mol. The summed E-state index contributed by atoms with van der Waals surface area (Å²) in [6.45, 7) is -0.602. The van der Waals surface area contributed by atoms with Crippen molar-refractivity contribution in [2.24, 2.45) is 0 Å². The van der Waals surface area contributed by atoms with E-state index in [1.807, 2.05) is 0 Å². The molecule has 0 aromatic carbocycles. The summed E-state index contributed by atoms with van der Waals surface area (Å²) in [6.07, 6.45) is -4.93. The Morgan fingerprint density at radius 3 is 2.15 bits per heavy atom. The van der Waals surface area contributed by atoms with E-state index in [4.69, 9.17) is 0 Å². The van der Waals surface area contributed by atoms with Gasteiger partial charge in [0.25, 0.3) is 0 Å². The van der Waals surface area contributed by atoms with E-state index < -0.39 is 24.5 Å². The quantitative estimate of drug-likeness (QED) is 0.665. The third kappa shape index (κ3) is 3.77. The number of hydrogen-bond acceptors (Lipinski definition) is 2. The van der Waals surface area contributed by atoms with Crippen molar-refractivity contribution in [3.63, 3.8) is 0 Å². The van der Waals surface area contributed by atoms with Gasteiger partial charge in [-0.3, -0.25) is 9.59 Å². The highest BCUT2D eigenvalue weighted by Crippen LogP contribution is 2.17. The van der Waals surface area contributed by atoms with Crippen molar-refractivity contribution in [2.75, 3.05) is 20.6 Å². The molecule has 7 heteroatoms. The van der Waals surface area contributed by atoms with Crippen LogP contribution in [0.1, 0.15) is 0 Å². The molecule has 0 unspecified atom stereocenters. The number of carbonyl (C=O) groups excluding carboxylic acids is 2. The minimum absolute atomic E-state index is 0.304. The first-order valence-corrected chi connectivity index (χ1v) is 3.32. The fraction of sp³-hybridized carbons (Fsp3) is 0.667. The van der Waals surface area contributed by atoms with Crippen molar-refractivity contribution in [1.29, 1.82) is 0 Å². The molecule has 0 heterocycles. The molecule has 1 N–H and O–H groups in total. The molecular formula is C6H9F3N2O2. The Morgan fingerprint density at radius 1 is 1.38 bits per heavy atom. The maximum absolute atomic E-state index is 11.7. The molecule has 0 aromatic rings. The zero-order valence-corrected chi connectivity index (χ0v) is 7.10. The lowest BCUT2D eigenvalue weighted by Crippen LogP contribution is -2.43. The molecule has 0 atom stereocenters. The molecule has 0 saturated heterocycles. The first-order valence-electron chi connectivity index (χ1n) is 3.32. The zero-order chi connectivity index (χ0) is 10.6. The lowest BCUT2D eigenvalue weighted by atomic mass is 10.4. The number of hydrogen-bond donors (Lipinski definition) is 1. The average Bonchev–Trinajstić information content (AvgIpc) is 2.01. The van der Waals surface area contributed by atoms with Crippen molar-refractivity contribution < 1.29 is 22.8 Å². The van der Waals surface area contributed by atoms with Crippen LogP contribution in [-0.2, 0) is 9.59 Å². The molecule has 0 rings (SSSR count). The Kier molecular flexibility index (Phi) is 3.70. The molecule has 76 valence electrons. The Morgan fingerprint density at radius 2 is 1.85 bits per heavy atom. The number of alkyl halides is 3. The zero-order valence-electron chi connectivity index (χ0n) is 7.10. The van der Waals surface area contributed by atoms with Crippen molar-refractivity contribution in [3.05, 3.63) is 0 Å². The second kappa shape index (κ2) is 4.11. The van der Waals surface area contributed by atoms with Gasteiger partial charge in [-0.05, 0) is 0 Å². The van der Waals surface area contributed by atoms with E-state index >= 15 is 0 Å². The highest BCUT2D eigenvalue weighted by molar-refractivity contribution is 5.87. The smallest absolute Gasteiger partial charge is 0.358 e. The summed E-state index contributed by atoms with van der Waals surface area (Å²) in [5, 5.41) is 2.10. The third-order valence-electron chi connectivity index (χ3n) is 1.25. The minimum atomic E-state index is -4.93. The van der Waals surface area contributed by atoms with Crippen molar-refractivity contribution in [3.8, 4) is 0 Å². The molecule has 0 bridgehead atoms. The van der Waals surface area contributed by atoms with Crippen LogP contribution in [0, 0.1) is 0 Å².